The van der Waals surface area contributed by atoms with Crippen LogP contribution in [0.25, 0.3) is 0 Å². The van der Waals surface area contributed by atoms with E-state index in [-0.39, 0.29) is 5.41 Å². The second-order valence-electron chi connectivity index (χ2n) is 5.68. The number of nitrogens with one attached hydrogen (secondary N) is 1. The van der Waals surface area contributed by atoms with Gasteiger partial charge in [-0.1, -0.05) is 40.5 Å². The number of pyridine rings is 1. The molecular weight excluding hydrogens is 340 g/mol. The molecule has 0 spiro atoms. The summed E-state index contributed by atoms with van der Waals surface area (Å²) in [5.74, 6) is 1.14. The molecule has 1 heterocycles. The first-order valence-corrected chi connectivity index (χ1v) is 8.21. The molecule has 0 unspecified atom stereocenters. The van der Waals surface area contributed by atoms with Crippen molar-refractivity contribution < 1.29 is 0 Å². The first-order valence-electron chi connectivity index (χ1n) is 7.42. The normalized spacial score (nSPS) is 16.9. The van der Waals surface area contributed by atoms with E-state index in [1.807, 2.05) is 18.2 Å². The number of guanidine groups is 1. The fourth-order valence-electron chi connectivity index (χ4n) is 2.79. The van der Waals surface area contributed by atoms with Crippen LogP contribution in [0.2, 0.25) is 0 Å². The molecule has 0 aliphatic heterocycles. The lowest BCUT2D eigenvalue weighted by Crippen LogP contribution is -2.38. The van der Waals surface area contributed by atoms with E-state index >= 15 is 0 Å². The topological polar surface area (TPSA) is 63.3 Å². The van der Waals surface area contributed by atoms with E-state index in [0.29, 0.717) is 12.5 Å². The first-order chi connectivity index (χ1) is 10.7. The van der Waals surface area contributed by atoms with Crippen LogP contribution >= 0.6 is 15.9 Å². The molecule has 1 aliphatic carbocycles. The fraction of sp³-hybridized carbons (Fsp3) is 0.294. The lowest BCUT2D eigenvalue weighted by molar-refractivity contribution is 0.254. The van der Waals surface area contributed by atoms with Gasteiger partial charge in [-0.3, -0.25) is 4.99 Å². The van der Waals surface area contributed by atoms with Gasteiger partial charge in [0.2, 0.25) is 0 Å². The third-order valence-corrected chi connectivity index (χ3v) is 4.77. The van der Waals surface area contributed by atoms with Crippen LogP contribution in [0.4, 0.5) is 5.82 Å². The Kier molecular flexibility index (Phi) is 4.43. The number of nitrogens with two attached hydrogens (primary N) is 1. The molecule has 1 fully saturated rings. The van der Waals surface area contributed by atoms with Crippen LogP contribution < -0.4 is 11.1 Å². The van der Waals surface area contributed by atoms with Gasteiger partial charge in [0.05, 0.1) is 6.54 Å². The van der Waals surface area contributed by atoms with Crippen molar-refractivity contribution in [2.75, 3.05) is 11.9 Å². The summed E-state index contributed by atoms with van der Waals surface area (Å²) in [6.07, 6.45) is 5.30. The van der Waals surface area contributed by atoms with Crippen LogP contribution in [0.1, 0.15) is 24.8 Å². The third kappa shape index (κ3) is 3.30. The average molecular weight is 359 g/mol. The van der Waals surface area contributed by atoms with Gasteiger partial charge < -0.3 is 11.1 Å². The second kappa shape index (κ2) is 6.48. The molecule has 0 atom stereocenters. The molecule has 0 bridgehead atoms. The number of anilines is 1. The van der Waals surface area contributed by atoms with Crippen LogP contribution in [0.3, 0.4) is 0 Å². The highest BCUT2D eigenvalue weighted by Gasteiger charge is 2.38. The van der Waals surface area contributed by atoms with E-state index in [1.165, 1.54) is 12.0 Å². The molecule has 1 aromatic carbocycles. The molecule has 1 aliphatic rings. The number of benzene rings is 1. The van der Waals surface area contributed by atoms with Crippen molar-refractivity contribution in [3.05, 3.63) is 58.7 Å². The maximum atomic E-state index is 5.99. The van der Waals surface area contributed by atoms with Crippen LogP contribution in [0.5, 0.6) is 0 Å². The van der Waals surface area contributed by atoms with E-state index in [0.717, 1.165) is 23.1 Å². The number of aliphatic imine (C=N–C) groups is 1. The monoisotopic (exact) mass is 358 g/mol. The quantitative estimate of drug-likeness (QED) is 0.646. The Balaban J connectivity index is 1.70. The molecule has 0 saturated heterocycles. The van der Waals surface area contributed by atoms with Gasteiger partial charge in [0.1, 0.15) is 5.82 Å². The molecule has 22 heavy (non-hydrogen) atoms. The van der Waals surface area contributed by atoms with Crippen molar-refractivity contribution in [3.8, 4) is 0 Å². The largest absolute Gasteiger partial charge is 0.370 e. The molecule has 1 saturated carbocycles. The minimum absolute atomic E-state index is 0.136. The molecule has 2 aromatic rings. The number of hydrogen-bond acceptors (Lipinski definition) is 2. The SMILES string of the molecule is NC(=NCC1(c2ccc(Br)cc2)CCC1)Nc1ccccn1. The highest BCUT2D eigenvalue weighted by Crippen LogP contribution is 2.44. The number of rotatable bonds is 4. The van der Waals surface area contributed by atoms with Crippen molar-refractivity contribution in [3.63, 3.8) is 0 Å². The summed E-state index contributed by atoms with van der Waals surface area (Å²) >= 11 is 3.49. The Morgan fingerprint density at radius 2 is 2.00 bits per heavy atom. The van der Waals surface area contributed by atoms with E-state index in [1.54, 1.807) is 6.20 Å². The van der Waals surface area contributed by atoms with E-state index < -0.39 is 0 Å². The van der Waals surface area contributed by atoms with Gasteiger partial charge in [0.15, 0.2) is 5.96 Å². The Morgan fingerprint density at radius 1 is 1.23 bits per heavy atom. The van der Waals surface area contributed by atoms with Gasteiger partial charge in [-0.15, -0.1) is 0 Å². The molecule has 0 amide bonds. The molecule has 3 rings (SSSR count). The lowest BCUT2D eigenvalue weighted by atomic mass is 9.64. The Morgan fingerprint density at radius 3 is 2.59 bits per heavy atom. The van der Waals surface area contributed by atoms with E-state index in [4.69, 9.17) is 5.73 Å². The minimum Gasteiger partial charge on any atom is -0.370 e. The van der Waals surface area contributed by atoms with Gasteiger partial charge in [0.25, 0.3) is 0 Å². The molecule has 1 aromatic heterocycles. The lowest BCUT2D eigenvalue weighted by Gasteiger charge is -2.41. The van der Waals surface area contributed by atoms with Crippen molar-refractivity contribution in [2.24, 2.45) is 10.7 Å². The maximum Gasteiger partial charge on any atom is 0.194 e. The molecule has 5 heteroatoms. The predicted molar refractivity (Wildman–Crippen MR) is 94.0 cm³/mol. The summed E-state index contributed by atoms with van der Waals surface area (Å²) in [4.78, 5) is 8.73. The number of aromatic nitrogens is 1. The highest BCUT2D eigenvalue weighted by molar-refractivity contribution is 9.10. The molecule has 114 valence electrons. The molecule has 3 N–H and O–H groups in total. The van der Waals surface area contributed by atoms with Crippen LogP contribution in [0.15, 0.2) is 58.1 Å². The van der Waals surface area contributed by atoms with Crippen molar-refractivity contribution in [1.29, 1.82) is 0 Å². The second-order valence-corrected chi connectivity index (χ2v) is 6.60. The first kappa shape index (κ1) is 15.0. The predicted octanol–water partition coefficient (Wildman–Crippen LogP) is 3.69. The van der Waals surface area contributed by atoms with E-state index in [9.17, 15) is 0 Å². The maximum absolute atomic E-state index is 5.99. The zero-order valence-electron chi connectivity index (χ0n) is 12.3. The van der Waals surface area contributed by atoms with Gasteiger partial charge >= 0.3 is 0 Å². The number of halogens is 1. The Labute approximate surface area is 139 Å². The summed E-state index contributed by atoms with van der Waals surface area (Å²) in [6.45, 7) is 0.709. The minimum atomic E-state index is 0.136. The standard InChI is InChI=1S/C17H19BrN4/c18-14-7-5-13(6-8-14)17(9-3-10-17)12-21-16(19)22-15-4-1-2-11-20-15/h1-2,4-8,11H,3,9-10,12H2,(H3,19,20,21,22). The summed E-state index contributed by atoms with van der Waals surface area (Å²) < 4.78 is 1.10. The zero-order chi connectivity index (χ0) is 15.4. The van der Waals surface area contributed by atoms with Crippen molar-refractivity contribution in [2.45, 2.75) is 24.7 Å². The van der Waals surface area contributed by atoms with Crippen LogP contribution in [0, 0.1) is 0 Å². The number of hydrogen-bond donors (Lipinski definition) is 2. The molecule has 4 nitrogen and oxygen atoms in total. The molecule has 0 radical (unpaired) electrons. The van der Waals surface area contributed by atoms with E-state index in [2.05, 4.69) is 55.5 Å². The molecular formula is C17H19BrN4. The van der Waals surface area contributed by atoms with Crippen molar-refractivity contribution in [1.82, 2.24) is 4.98 Å². The van der Waals surface area contributed by atoms with Crippen LogP contribution in [-0.4, -0.2) is 17.5 Å². The Hall–Kier alpha value is -1.88. The van der Waals surface area contributed by atoms with Crippen LogP contribution in [-0.2, 0) is 5.41 Å². The fourth-order valence-corrected chi connectivity index (χ4v) is 3.05. The zero-order valence-corrected chi connectivity index (χ0v) is 13.9. The highest BCUT2D eigenvalue weighted by atomic mass is 79.9. The average Bonchev–Trinajstić information content (AvgIpc) is 2.49. The summed E-state index contributed by atoms with van der Waals surface area (Å²) in [6, 6.07) is 14.2. The third-order valence-electron chi connectivity index (χ3n) is 4.24. The van der Waals surface area contributed by atoms with Gasteiger partial charge in [-0.2, -0.15) is 0 Å². The Bertz CT molecular complexity index is 648. The number of nitrogens with zero attached hydrogens (tertiary/aromatic N) is 2. The summed E-state index contributed by atoms with van der Waals surface area (Å²) in [5.41, 5.74) is 7.47. The smallest absolute Gasteiger partial charge is 0.194 e. The van der Waals surface area contributed by atoms with Gasteiger partial charge in [0, 0.05) is 16.1 Å². The van der Waals surface area contributed by atoms with Crippen molar-refractivity contribution >= 4 is 27.7 Å². The summed E-state index contributed by atoms with van der Waals surface area (Å²) in [7, 11) is 0. The van der Waals surface area contributed by atoms with Gasteiger partial charge in [-0.05, 0) is 42.7 Å². The van der Waals surface area contributed by atoms with Gasteiger partial charge in [-0.25, -0.2) is 4.98 Å². The summed E-state index contributed by atoms with van der Waals surface area (Å²) in [5, 5.41) is 3.03.